The van der Waals surface area contributed by atoms with E-state index >= 15 is 0 Å². The molecule has 4 amide bonds. The first kappa shape index (κ1) is 15.9. The minimum absolute atomic E-state index is 0.00410. The van der Waals surface area contributed by atoms with E-state index in [1.807, 2.05) is 18.2 Å². The Kier molecular flexibility index (Phi) is 4.75. The van der Waals surface area contributed by atoms with Gasteiger partial charge in [0.25, 0.3) is 5.91 Å². The first-order chi connectivity index (χ1) is 10.4. The standard InChI is InChI=1S/C15H20N4O3/c1-17(9-7-11-6-4-5-8-16-11)13(20)10-12-14(21)19(3)15(22)18(12)2/h4-6,8,12H,7,9-10H2,1-3H3/t12-/m0/s1. The molecular weight excluding hydrogens is 284 g/mol. The zero-order valence-electron chi connectivity index (χ0n) is 13.0. The van der Waals surface area contributed by atoms with Gasteiger partial charge in [0.2, 0.25) is 5.91 Å². The Morgan fingerprint density at radius 2 is 2.05 bits per heavy atom. The number of rotatable bonds is 5. The van der Waals surface area contributed by atoms with Crippen LogP contribution < -0.4 is 0 Å². The van der Waals surface area contributed by atoms with Crippen molar-refractivity contribution in [2.75, 3.05) is 27.7 Å². The fraction of sp³-hybridized carbons (Fsp3) is 0.467. The van der Waals surface area contributed by atoms with Gasteiger partial charge in [-0.2, -0.15) is 0 Å². The highest BCUT2D eigenvalue weighted by atomic mass is 16.2. The van der Waals surface area contributed by atoms with Gasteiger partial charge in [0, 0.05) is 46.0 Å². The second kappa shape index (κ2) is 6.55. The van der Waals surface area contributed by atoms with Crippen LogP contribution in [0.25, 0.3) is 0 Å². The van der Waals surface area contributed by atoms with E-state index in [4.69, 9.17) is 0 Å². The average molecular weight is 304 g/mol. The van der Waals surface area contributed by atoms with Crippen molar-refractivity contribution in [3.63, 3.8) is 0 Å². The molecule has 7 heteroatoms. The second-order valence-electron chi connectivity index (χ2n) is 5.40. The first-order valence-electron chi connectivity index (χ1n) is 7.10. The van der Waals surface area contributed by atoms with Gasteiger partial charge in [-0.3, -0.25) is 19.5 Å². The van der Waals surface area contributed by atoms with Crippen molar-refractivity contribution >= 4 is 17.8 Å². The summed E-state index contributed by atoms with van der Waals surface area (Å²) in [7, 11) is 4.65. The maximum Gasteiger partial charge on any atom is 0.326 e. The number of carbonyl (C=O) groups excluding carboxylic acids is 3. The van der Waals surface area contributed by atoms with Crippen molar-refractivity contribution in [1.82, 2.24) is 19.7 Å². The van der Waals surface area contributed by atoms with Gasteiger partial charge >= 0.3 is 6.03 Å². The molecule has 2 heterocycles. The maximum absolute atomic E-state index is 12.2. The van der Waals surface area contributed by atoms with Gasteiger partial charge in [-0.15, -0.1) is 0 Å². The number of likely N-dealkylation sites (N-methyl/N-ethyl adjacent to an activating group) is 3. The van der Waals surface area contributed by atoms with E-state index in [1.165, 1.54) is 19.0 Å². The number of amides is 4. The lowest BCUT2D eigenvalue weighted by molar-refractivity contribution is -0.135. The van der Waals surface area contributed by atoms with Gasteiger partial charge in [0.1, 0.15) is 6.04 Å². The summed E-state index contributed by atoms with van der Waals surface area (Å²) in [5.41, 5.74) is 0.908. The molecule has 1 fully saturated rings. The Balaban J connectivity index is 1.89. The fourth-order valence-electron chi connectivity index (χ4n) is 2.35. The number of carbonyl (C=O) groups is 3. The van der Waals surface area contributed by atoms with Crippen LogP contribution in [0.2, 0.25) is 0 Å². The molecule has 1 aliphatic rings. The molecule has 0 unspecified atom stereocenters. The third-order valence-corrected chi connectivity index (χ3v) is 3.90. The highest BCUT2D eigenvalue weighted by Crippen LogP contribution is 2.17. The zero-order valence-corrected chi connectivity index (χ0v) is 13.0. The van der Waals surface area contributed by atoms with E-state index in [0.717, 1.165) is 10.6 Å². The highest BCUT2D eigenvalue weighted by molar-refractivity contribution is 6.05. The highest BCUT2D eigenvalue weighted by Gasteiger charge is 2.42. The van der Waals surface area contributed by atoms with Gasteiger partial charge in [-0.1, -0.05) is 6.07 Å². The number of urea groups is 1. The molecular formula is C15H20N4O3. The maximum atomic E-state index is 12.2. The molecule has 1 aromatic rings. The minimum atomic E-state index is -0.706. The Morgan fingerprint density at radius 3 is 2.59 bits per heavy atom. The molecule has 1 aliphatic heterocycles. The number of hydrogen-bond donors (Lipinski definition) is 0. The molecule has 2 rings (SSSR count). The Bertz CT molecular complexity index is 575. The summed E-state index contributed by atoms with van der Waals surface area (Å²) in [6.45, 7) is 0.518. The quantitative estimate of drug-likeness (QED) is 0.737. The van der Waals surface area contributed by atoms with Gasteiger partial charge in [-0.05, 0) is 12.1 Å². The van der Waals surface area contributed by atoms with E-state index in [9.17, 15) is 14.4 Å². The molecule has 0 bridgehead atoms. The van der Waals surface area contributed by atoms with Crippen LogP contribution in [-0.4, -0.2) is 71.3 Å². The van der Waals surface area contributed by atoms with Crippen LogP contribution in [0, 0.1) is 0 Å². The molecule has 118 valence electrons. The normalized spacial score (nSPS) is 18.0. The number of nitrogens with zero attached hydrogens (tertiary/aromatic N) is 4. The summed E-state index contributed by atoms with van der Waals surface area (Å²) in [5, 5.41) is 0. The molecule has 0 aromatic carbocycles. The largest absolute Gasteiger partial charge is 0.345 e. The molecule has 22 heavy (non-hydrogen) atoms. The predicted octanol–water partition coefficient (Wildman–Crippen LogP) is 0.365. The van der Waals surface area contributed by atoms with Crippen molar-refractivity contribution < 1.29 is 14.4 Å². The molecule has 0 radical (unpaired) electrons. The minimum Gasteiger partial charge on any atom is -0.345 e. The lowest BCUT2D eigenvalue weighted by Crippen LogP contribution is -2.38. The third kappa shape index (κ3) is 3.24. The SMILES string of the molecule is CN(CCc1ccccn1)C(=O)C[C@H]1C(=O)N(C)C(=O)N1C. The summed E-state index contributed by atoms with van der Waals surface area (Å²) in [6.07, 6.45) is 2.37. The number of imide groups is 1. The van der Waals surface area contributed by atoms with Crippen LogP contribution in [0.15, 0.2) is 24.4 Å². The van der Waals surface area contributed by atoms with E-state index in [1.54, 1.807) is 18.1 Å². The van der Waals surface area contributed by atoms with Crippen LogP contribution >= 0.6 is 0 Å². The summed E-state index contributed by atoms with van der Waals surface area (Å²) < 4.78 is 0. The summed E-state index contributed by atoms with van der Waals surface area (Å²) in [4.78, 5) is 44.0. The van der Waals surface area contributed by atoms with Crippen molar-refractivity contribution in [3.8, 4) is 0 Å². The summed E-state index contributed by atoms with van der Waals surface area (Å²) in [6, 6.07) is 4.56. The molecule has 1 saturated heterocycles. The Labute approximate surface area is 129 Å². The Hall–Kier alpha value is -2.44. The van der Waals surface area contributed by atoms with E-state index in [2.05, 4.69) is 4.98 Å². The van der Waals surface area contributed by atoms with Crippen molar-refractivity contribution in [2.24, 2.45) is 0 Å². The molecule has 0 aliphatic carbocycles. The number of pyridine rings is 1. The summed E-state index contributed by atoms with van der Waals surface area (Å²) >= 11 is 0. The summed E-state index contributed by atoms with van der Waals surface area (Å²) in [5.74, 6) is -0.497. The van der Waals surface area contributed by atoms with Gasteiger partial charge in [0.05, 0.1) is 6.42 Å². The molecule has 0 saturated carbocycles. The fourth-order valence-corrected chi connectivity index (χ4v) is 2.35. The van der Waals surface area contributed by atoms with Gasteiger partial charge < -0.3 is 9.80 Å². The third-order valence-electron chi connectivity index (χ3n) is 3.90. The second-order valence-corrected chi connectivity index (χ2v) is 5.40. The Morgan fingerprint density at radius 1 is 1.32 bits per heavy atom. The molecule has 0 N–H and O–H groups in total. The monoisotopic (exact) mass is 304 g/mol. The van der Waals surface area contributed by atoms with E-state index < -0.39 is 6.04 Å². The van der Waals surface area contributed by atoms with Gasteiger partial charge in [0.15, 0.2) is 0 Å². The van der Waals surface area contributed by atoms with Gasteiger partial charge in [-0.25, -0.2) is 4.79 Å². The van der Waals surface area contributed by atoms with Crippen LogP contribution in [0.3, 0.4) is 0 Å². The van der Waals surface area contributed by atoms with Crippen molar-refractivity contribution in [1.29, 1.82) is 0 Å². The van der Waals surface area contributed by atoms with Crippen LogP contribution in [0.5, 0.6) is 0 Å². The topological polar surface area (TPSA) is 73.8 Å². The van der Waals surface area contributed by atoms with E-state index in [-0.39, 0.29) is 24.3 Å². The zero-order chi connectivity index (χ0) is 16.3. The van der Waals surface area contributed by atoms with Crippen LogP contribution in [0.1, 0.15) is 12.1 Å². The lowest BCUT2D eigenvalue weighted by atomic mass is 10.1. The number of hydrogen-bond acceptors (Lipinski definition) is 4. The molecule has 1 aromatic heterocycles. The van der Waals surface area contributed by atoms with E-state index in [0.29, 0.717) is 13.0 Å². The van der Waals surface area contributed by atoms with Crippen molar-refractivity contribution in [3.05, 3.63) is 30.1 Å². The van der Waals surface area contributed by atoms with Crippen LogP contribution in [0.4, 0.5) is 4.79 Å². The first-order valence-corrected chi connectivity index (χ1v) is 7.10. The molecule has 7 nitrogen and oxygen atoms in total. The smallest absolute Gasteiger partial charge is 0.326 e. The van der Waals surface area contributed by atoms with Crippen LogP contribution in [-0.2, 0) is 16.0 Å². The van der Waals surface area contributed by atoms with Crippen molar-refractivity contribution in [2.45, 2.75) is 18.9 Å². The molecule has 1 atom stereocenters. The molecule has 0 spiro atoms. The predicted molar refractivity (Wildman–Crippen MR) is 79.9 cm³/mol. The number of aromatic nitrogens is 1. The lowest BCUT2D eigenvalue weighted by Gasteiger charge is -2.21. The average Bonchev–Trinajstić information content (AvgIpc) is 2.71.